The first kappa shape index (κ1) is 22.0. The normalized spacial score (nSPS) is 11.6. The highest BCUT2D eigenvalue weighted by Crippen LogP contribution is 2.33. The van der Waals surface area contributed by atoms with Crippen LogP contribution in [-0.2, 0) is 6.61 Å². The number of hydrogen-bond donors (Lipinski definition) is 2. The highest BCUT2D eigenvalue weighted by molar-refractivity contribution is 7.20. The minimum atomic E-state index is -0.302. The summed E-state index contributed by atoms with van der Waals surface area (Å²) in [5, 5.41) is 3.72. The zero-order chi connectivity index (χ0) is 22.5. The number of benzene rings is 2. The first-order chi connectivity index (χ1) is 15.5. The number of fused-ring (bicyclic) bond motifs is 1. The highest BCUT2D eigenvalue weighted by atomic mass is 35.5. The summed E-state index contributed by atoms with van der Waals surface area (Å²) < 4.78 is 20.0. The highest BCUT2D eigenvalue weighted by Gasteiger charge is 2.10. The number of hydrogen-bond acceptors (Lipinski definition) is 6. The number of nitrogens with one attached hydrogen (secondary N) is 1. The van der Waals surface area contributed by atoms with E-state index in [1.807, 2.05) is 19.1 Å². The summed E-state index contributed by atoms with van der Waals surface area (Å²) in [4.78, 5) is 9.58. The second-order valence-electron chi connectivity index (χ2n) is 7.02. The van der Waals surface area contributed by atoms with E-state index in [0.717, 1.165) is 32.8 Å². The zero-order valence-corrected chi connectivity index (χ0v) is 18.8. The standard InChI is InChI=1S/C24H20ClFN4OS/c1-2-17(27)6-8-19-12-21-23(32-19)24(29-14-28-21)30-18-7-9-22(20(25)11-18)31-13-15-4-3-5-16(26)10-15/h3-5,7,9-12,14,17H,2,13,27H2,1H3,(H,28,29,30)/t17-/m0/s1. The van der Waals surface area contributed by atoms with Gasteiger partial charge in [-0.05, 0) is 48.4 Å². The first-order valence-electron chi connectivity index (χ1n) is 9.97. The number of ether oxygens (including phenoxy) is 1. The van der Waals surface area contributed by atoms with E-state index in [-0.39, 0.29) is 18.5 Å². The maximum Gasteiger partial charge on any atom is 0.151 e. The maximum atomic E-state index is 13.3. The third-order valence-electron chi connectivity index (χ3n) is 4.61. The molecule has 0 aliphatic carbocycles. The van der Waals surface area contributed by atoms with Gasteiger partial charge in [0.25, 0.3) is 0 Å². The van der Waals surface area contributed by atoms with Gasteiger partial charge in [-0.2, -0.15) is 0 Å². The van der Waals surface area contributed by atoms with Gasteiger partial charge in [-0.15, -0.1) is 11.3 Å². The number of aromatic nitrogens is 2. The molecule has 1 atom stereocenters. The van der Waals surface area contributed by atoms with E-state index in [4.69, 9.17) is 22.1 Å². The van der Waals surface area contributed by atoms with E-state index in [0.29, 0.717) is 16.6 Å². The molecule has 32 heavy (non-hydrogen) atoms. The lowest BCUT2D eigenvalue weighted by molar-refractivity contribution is 0.306. The molecule has 0 spiro atoms. The van der Waals surface area contributed by atoms with Crippen LogP contribution in [0.15, 0.2) is 54.9 Å². The third kappa shape index (κ3) is 5.35. The van der Waals surface area contributed by atoms with Crippen molar-refractivity contribution in [3.8, 4) is 17.6 Å². The molecule has 0 saturated heterocycles. The number of halogens is 2. The van der Waals surface area contributed by atoms with Crippen LogP contribution >= 0.6 is 22.9 Å². The van der Waals surface area contributed by atoms with Crippen molar-refractivity contribution in [3.05, 3.63) is 76.1 Å². The smallest absolute Gasteiger partial charge is 0.151 e. The summed E-state index contributed by atoms with van der Waals surface area (Å²) in [6, 6.07) is 13.4. The maximum absolute atomic E-state index is 13.3. The number of nitrogens with zero attached hydrogens (tertiary/aromatic N) is 2. The lowest BCUT2D eigenvalue weighted by Gasteiger charge is -2.11. The first-order valence-corrected chi connectivity index (χ1v) is 11.2. The van der Waals surface area contributed by atoms with Crippen LogP contribution in [0.5, 0.6) is 5.75 Å². The zero-order valence-electron chi connectivity index (χ0n) is 17.2. The van der Waals surface area contributed by atoms with Crippen LogP contribution in [0.2, 0.25) is 5.02 Å². The molecule has 2 heterocycles. The Bertz CT molecular complexity index is 1310. The van der Waals surface area contributed by atoms with E-state index < -0.39 is 0 Å². The van der Waals surface area contributed by atoms with E-state index >= 15 is 0 Å². The molecule has 2 aromatic carbocycles. The summed E-state index contributed by atoms with van der Waals surface area (Å²) in [5.74, 6) is 7.02. The number of anilines is 2. The number of thiophene rings is 1. The van der Waals surface area contributed by atoms with Crippen molar-refractivity contribution in [2.45, 2.75) is 26.0 Å². The van der Waals surface area contributed by atoms with Crippen molar-refractivity contribution in [1.82, 2.24) is 9.97 Å². The van der Waals surface area contributed by atoms with Crippen molar-refractivity contribution >= 4 is 44.7 Å². The molecule has 0 radical (unpaired) electrons. The summed E-state index contributed by atoms with van der Waals surface area (Å²) in [7, 11) is 0. The van der Waals surface area contributed by atoms with Crippen LogP contribution < -0.4 is 15.8 Å². The van der Waals surface area contributed by atoms with Gasteiger partial charge < -0.3 is 15.8 Å². The fraction of sp³-hybridized carbons (Fsp3) is 0.167. The van der Waals surface area contributed by atoms with Gasteiger partial charge in [-0.3, -0.25) is 0 Å². The summed E-state index contributed by atoms with van der Waals surface area (Å²) in [5.41, 5.74) is 8.17. The van der Waals surface area contributed by atoms with Crippen LogP contribution in [0, 0.1) is 17.7 Å². The molecule has 4 rings (SSSR count). The van der Waals surface area contributed by atoms with Crippen LogP contribution in [0.25, 0.3) is 10.2 Å². The van der Waals surface area contributed by atoms with Crippen LogP contribution in [0.3, 0.4) is 0 Å². The molecule has 3 N–H and O–H groups in total. The molecule has 162 valence electrons. The number of nitrogens with two attached hydrogens (primary N) is 1. The van der Waals surface area contributed by atoms with Gasteiger partial charge in [-0.25, -0.2) is 14.4 Å². The molecule has 0 bridgehead atoms. The molecule has 8 heteroatoms. The quantitative estimate of drug-likeness (QED) is 0.346. The molecule has 5 nitrogen and oxygen atoms in total. The Hall–Kier alpha value is -3.18. The Morgan fingerprint density at radius 1 is 1.22 bits per heavy atom. The van der Waals surface area contributed by atoms with Crippen molar-refractivity contribution in [2.75, 3.05) is 5.32 Å². The average Bonchev–Trinajstić information content (AvgIpc) is 3.21. The van der Waals surface area contributed by atoms with Crippen molar-refractivity contribution in [1.29, 1.82) is 0 Å². The molecule has 0 unspecified atom stereocenters. The summed E-state index contributed by atoms with van der Waals surface area (Å²) in [6.45, 7) is 2.22. The van der Waals surface area contributed by atoms with Crippen molar-refractivity contribution in [3.63, 3.8) is 0 Å². The Balaban J connectivity index is 1.50. The van der Waals surface area contributed by atoms with E-state index in [1.54, 1.807) is 24.3 Å². The molecular formula is C24H20ClFN4OS. The summed E-state index contributed by atoms with van der Waals surface area (Å²) in [6.07, 6.45) is 2.30. The molecule has 0 aliphatic rings. The Kier molecular flexibility index (Phi) is 6.86. The second-order valence-corrected chi connectivity index (χ2v) is 8.48. The molecule has 0 amide bonds. The van der Waals surface area contributed by atoms with E-state index in [9.17, 15) is 4.39 Å². The molecular weight excluding hydrogens is 447 g/mol. The fourth-order valence-electron chi connectivity index (χ4n) is 2.89. The molecule has 0 fully saturated rings. The largest absolute Gasteiger partial charge is 0.487 e. The average molecular weight is 467 g/mol. The van der Waals surface area contributed by atoms with Crippen molar-refractivity contribution in [2.24, 2.45) is 5.73 Å². The fourth-order valence-corrected chi connectivity index (χ4v) is 4.04. The Morgan fingerprint density at radius 3 is 2.88 bits per heavy atom. The molecule has 0 aliphatic heterocycles. The van der Waals surface area contributed by atoms with Gasteiger partial charge in [0.15, 0.2) is 5.82 Å². The van der Waals surface area contributed by atoms with Gasteiger partial charge >= 0.3 is 0 Å². The molecule has 2 aromatic heterocycles. The number of rotatable bonds is 6. The minimum Gasteiger partial charge on any atom is -0.487 e. The minimum absolute atomic E-state index is 0.146. The van der Waals surface area contributed by atoms with Crippen LogP contribution in [0.4, 0.5) is 15.9 Å². The van der Waals surface area contributed by atoms with E-state index in [2.05, 4.69) is 27.1 Å². The Morgan fingerprint density at radius 2 is 2.09 bits per heavy atom. The lowest BCUT2D eigenvalue weighted by atomic mass is 10.2. The predicted octanol–water partition coefficient (Wildman–Crippen LogP) is 5.90. The van der Waals surface area contributed by atoms with Gasteiger partial charge in [-0.1, -0.05) is 42.5 Å². The Labute approximate surface area is 194 Å². The van der Waals surface area contributed by atoms with Crippen molar-refractivity contribution < 1.29 is 9.13 Å². The SMILES string of the molecule is CC[C@H](N)C#Cc1cc2ncnc(Nc3ccc(OCc4cccc(F)c4)c(Cl)c3)c2s1. The molecule has 4 aromatic rings. The van der Waals surface area contributed by atoms with E-state index in [1.165, 1.54) is 29.8 Å². The van der Waals surface area contributed by atoms with Gasteiger partial charge in [0, 0.05) is 5.69 Å². The monoisotopic (exact) mass is 466 g/mol. The van der Waals surface area contributed by atoms with Gasteiger partial charge in [0.1, 0.15) is 24.5 Å². The van der Waals surface area contributed by atoms with Crippen LogP contribution in [-0.4, -0.2) is 16.0 Å². The molecule has 0 saturated carbocycles. The van der Waals surface area contributed by atoms with Crippen LogP contribution in [0.1, 0.15) is 23.8 Å². The lowest BCUT2D eigenvalue weighted by Crippen LogP contribution is -2.15. The van der Waals surface area contributed by atoms with Gasteiger partial charge in [0.05, 0.1) is 26.2 Å². The van der Waals surface area contributed by atoms with Gasteiger partial charge in [0.2, 0.25) is 0 Å². The predicted molar refractivity (Wildman–Crippen MR) is 128 cm³/mol. The topological polar surface area (TPSA) is 73.1 Å². The second kappa shape index (κ2) is 9.96. The summed E-state index contributed by atoms with van der Waals surface area (Å²) >= 11 is 7.91. The third-order valence-corrected chi connectivity index (χ3v) is 5.95.